The van der Waals surface area contributed by atoms with Gasteiger partial charge in [0, 0.05) is 32.6 Å². The molecule has 0 aromatic heterocycles. The Morgan fingerprint density at radius 2 is 1.77 bits per heavy atom. The molecule has 1 heterocycles. The van der Waals surface area contributed by atoms with Gasteiger partial charge in [-0.2, -0.15) is 4.31 Å². The minimum absolute atomic E-state index is 0.117. The number of hydrogen-bond acceptors (Lipinski definition) is 3. The number of nitrogens with zero attached hydrogens (tertiary/aromatic N) is 2. The van der Waals surface area contributed by atoms with Crippen LogP contribution in [0.5, 0.6) is 0 Å². The van der Waals surface area contributed by atoms with Crippen molar-refractivity contribution < 1.29 is 13.2 Å². The van der Waals surface area contributed by atoms with Crippen molar-refractivity contribution in [3.8, 4) is 0 Å². The lowest BCUT2D eigenvalue weighted by atomic mass is 10.2. The van der Waals surface area contributed by atoms with E-state index in [9.17, 15) is 13.2 Å². The van der Waals surface area contributed by atoms with E-state index in [4.69, 9.17) is 0 Å². The zero-order chi connectivity index (χ0) is 16.3. The maximum atomic E-state index is 12.7. The highest BCUT2D eigenvalue weighted by Gasteiger charge is 2.30. The van der Waals surface area contributed by atoms with E-state index in [0.717, 1.165) is 17.5 Å². The molecule has 0 aliphatic carbocycles. The van der Waals surface area contributed by atoms with Crippen molar-refractivity contribution in [2.75, 3.05) is 26.2 Å². The summed E-state index contributed by atoms with van der Waals surface area (Å²) in [6, 6.07) is 5.38. The van der Waals surface area contributed by atoms with Gasteiger partial charge in [0.25, 0.3) is 0 Å². The molecule has 0 radical (unpaired) electrons. The van der Waals surface area contributed by atoms with Crippen molar-refractivity contribution >= 4 is 15.9 Å². The van der Waals surface area contributed by atoms with E-state index in [0.29, 0.717) is 37.5 Å². The second-order valence-electron chi connectivity index (χ2n) is 5.80. The molecule has 0 N–H and O–H groups in total. The first-order valence-electron chi connectivity index (χ1n) is 7.71. The lowest BCUT2D eigenvalue weighted by Crippen LogP contribution is -2.50. The highest BCUT2D eigenvalue weighted by molar-refractivity contribution is 7.89. The molecule has 1 aromatic carbocycles. The van der Waals surface area contributed by atoms with Gasteiger partial charge in [-0.05, 0) is 31.9 Å². The summed E-state index contributed by atoms with van der Waals surface area (Å²) in [5, 5.41) is 0. The summed E-state index contributed by atoms with van der Waals surface area (Å²) in [5.74, 6) is 0.117. The third kappa shape index (κ3) is 3.50. The van der Waals surface area contributed by atoms with Crippen molar-refractivity contribution in [1.29, 1.82) is 0 Å². The summed E-state index contributed by atoms with van der Waals surface area (Å²) in [7, 11) is -3.48. The Balaban J connectivity index is 2.11. The minimum Gasteiger partial charge on any atom is -0.340 e. The first kappa shape index (κ1) is 17.0. The largest absolute Gasteiger partial charge is 0.340 e. The number of amides is 1. The number of carbonyl (C=O) groups excluding carboxylic acids is 1. The molecule has 0 unspecified atom stereocenters. The van der Waals surface area contributed by atoms with Crippen molar-refractivity contribution in [1.82, 2.24) is 9.21 Å². The quantitative estimate of drug-likeness (QED) is 0.850. The van der Waals surface area contributed by atoms with Crippen molar-refractivity contribution in [2.24, 2.45) is 0 Å². The molecule has 0 bridgehead atoms. The molecule has 1 amide bonds. The van der Waals surface area contributed by atoms with Crippen LogP contribution >= 0.6 is 0 Å². The second-order valence-corrected chi connectivity index (χ2v) is 7.71. The Kier molecular flexibility index (Phi) is 5.24. The van der Waals surface area contributed by atoms with Crippen LogP contribution in [-0.2, 0) is 14.8 Å². The van der Waals surface area contributed by atoms with Gasteiger partial charge in [-0.1, -0.05) is 24.6 Å². The molecule has 1 fully saturated rings. The maximum Gasteiger partial charge on any atom is 0.243 e. The van der Waals surface area contributed by atoms with E-state index in [2.05, 4.69) is 0 Å². The SMILES string of the molecule is CCCC(=O)N1CCN(S(=O)(=O)c2ccc(C)cc2C)CC1. The lowest BCUT2D eigenvalue weighted by molar-refractivity contribution is -0.132. The zero-order valence-electron chi connectivity index (χ0n) is 13.5. The van der Waals surface area contributed by atoms with Gasteiger partial charge in [0.15, 0.2) is 0 Å². The predicted octanol–water partition coefficient (Wildman–Crippen LogP) is 1.94. The van der Waals surface area contributed by atoms with Crippen LogP contribution in [0.3, 0.4) is 0 Å². The van der Waals surface area contributed by atoms with Crippen LogP contribution in [-0.4, -0.2) is 49.7 Å². The summed E-state index contributed by atoms with van der Waals surface area (Å²) in [6.45, 7) is 7.42. The van der Waals surface area contributed by atoms with Gasteiger partial charge in [-0.25, -0.2) is 8.42 Å². The zero-order valence-corrected chi connectivity index (χ0v) is 14.3. The average molecular weight is 324 g/mol. The molecular weight excluding hydrogens is 300 g/mol. The number of piperazine rings is 1. The van der Waals surface area contributed by atoms with E-state index in [1.54, 1.807) is 11.0 Å². The molecule has 1 saturated heterocycles. The van der Waals surface area contributed by atoms with Crippen LogP contribution in [0.15, 0.2) is 23.1 Å². The predicted molar refractivity (Wildman–Crippen MR) is 86.2 cm³/mol. The second kappa shape index (κ2) is 6.79. The molecule has 1 aliphatic heterocycles. The number of aryl methyl sites for hydroxylation is 2. The summed E-state index contributed by atoms with van der Waals surface area (Å²) in [6.07, 6.45) is 1.35. The monoisotopic (exact) mass is 324 g/mol. The van der Waals surface area contributed by atoms with E-state index in [1.807, 2.05) is 32.9 Å². The van der Waals surface area contributed by atoms with E-state index in [1.165, 1.54) is 4.31 Å². The maximum absolute atomic E-state index is 12.7. The first-order chi connectivity index (χ1) is 10.4. The Morgan fingerprint density at radius 1 is 1.14 bits per heavy atom. The number of hydrogen-bond donors (Lipinski definition) is 0. The van der Waals surface area contributed by atoms with E-state index in [-0.39, 0.29) is 5.91 Å². The van der Waals surface area contributed by atoms with Crippen LogP contribution in [0.1, 0.15) is 30.9 Å². The smallest absolute Gasteiger partial charge is 0.243 e. The molecule has 5 nitrogen and oxygen atoms in total. The Labute approximate surface area is 133 Å². The molecule has 1 aromatic rings. The molecule has 2 rings (SSSR count). The van der Waals surface area contributed by atoms with Crippen LogP contribution in [0, 0.1) is 13.8 Å². The molecule has 0 atom stereocenters. The summed E-state index contributed by atoms with van der Waals surface area (Å²) in [4.78, 5) is 14.0. The number of sulfonamides is 1. The topological polar surface area (TPSA) is 57.7 Å². The minimum atomic E-state index is -3.48. The van der Waals surface area contributed by atoms with Gasteiger partial charge in [-0.15, -0.1) is 0 Å². The van der Waals surface area contributed by atoms with Gasteiger partial charge in [0.2, 0.25) is 15.9 Å². The van der Waals surface area contributed by atoms with E-state index >= 15 is 0 Å². The number of benzene rings is 1. The van der Waals surface area contributed by atoms with Crippen LogP contribution < -0.4 is 0 Å². The Morgan fingerprint density at radius 3 is 2.32 bits per heavy atom. The fraction of sp³-hybridized carbons (Fsp3) is 0.562. The molecule has 122 valence electrons. The lowest BCUT2D eigenvalue weighted by Gasteiger charge is -2.34. The van der Waals surface area contributed by atoms with Gasteiger partial charge in [0.05, 0.1) is 4.90 Å². The summed E-state index contributed by atoms with van der Waals surface area (Å²) in [5.41, 5.74) is 1.82. The molecular formula is C16H24N2O3S. The first-order valence-corrected chi connectivity index (χ1v) is 9.15. The van der Waals surface area contributed by atoms with Gasteiger partial charge < -0.3 is 4.90 Å². The van der Waals surface area contributed by atoms with Crippen LogP contribution in [0.25, 0.3) is 0 Å². The number of carbonyl (C=O) groups is 1. The highest BCUT2D eigenvalue weighted by atomic mass is 32.2. The molecule has 22 heavy (non-hydrogen) atoms. The fourth-order valence-electron chi connectivity index (χ4n) is 2.78. The van der Waals surface area contributed by atoms with Crippen molar-refractivity contribution in [3.05, 3.63) is 29.3 Å². The number of rotatable bonds is 4. The third-order valence-corrected chi connectivity index (χ3v) is 6.06. The normalized spacial score (nSPS) is 16.8. The third-order valence-electron chi connectivity index (χ3n) is 4.00. The average Bonchev–Trinajstić information content (AvgIpc) is 2.47. The molecule has 0 spiro atoms. The highest BCUT2D eigenvalue weighted by Crippen LogP contribution is 2.22. The van der Waals surface area contributed by atoms with Crippen LogP contribution in [0.4, 0.5) is 0 Å². The van der Waals surface area contributed by atoms with Crippen LogP contribution in [0.2, 0.25) is 0 Å². The van der Waals surface area contributed by atoms with E-state index < -0.39 is 10.0 Å². The molecule has 1 aliphatic rings. The van der Waals surface area contributed by atoms with Gasteiger partial charge in [0.1, 0.15) is 0 Å². The summed E-state index contributed by atoms with van der Waals surface area (Å²) >= 11 is 0. The fourth-order valence-corrected chi connectivity index (χ4v) is 4.41. The molecule has 6 heteroatoms. The van der Waals surface area contributed by atoms with Gasteiger partial charge in [-0.3, -0.25) is 4.79 Å². The standard InChI is InChI=1S/C16H24N2O3S/c1-4-5-16(19)17-8-10-18(11-9-17)22(20,21)15-7-6-13(2)12-14(15)3/h6-7,12H,4-5,8-11H2,1-3H3. The van der Waals surface area contributed by atoms with Crippen molar-refractivity contribution in [2.45, 2.75) is 38.5 Å². The molecule has 0 saturated carbocycles. The summed E-state index contributed by atoms with van der Waals surface area (Å²) < 4.78 is 27.0. The van der Waals surface area contributed by atoms with Crippen molar-refractivity contribution in [3.63, 3.8) is 0 Å². The Bertz CT molecular complexity index is 647. The van der Waals surface area contributed by atoms with Gasteiger partial charge >= 0.3 is 0 Å². The Hall–Kier alpha value is -1.40.